The highest BCUT2D eigenvalue weighted by Gasteiger charge is 2.15. The normalized spacial score (nSPS) is 17.5. The van der Waals surface area contributed by atoms with Crippen LogP contribution >= 0.6 is 0 Å². The predicted molar refractivity (Wildman–Crippen MR) is 70.0 cm³/mol. The van der Waals surface area contributed by atoms with Crippen LogP contribution in [0.15, 0.2) is 24.3 Å². The minimum Gasteiger partial charge on any atom is -0.380 e. The smallest absolute Gasteiger partial charge is 0.0602 e. The first-order chi connectivity index (χ1) is 7.81. The van der Waals surface area contributed by atoms with Crippen molar-refractivity contribution in [3.05, 3.63) is 24.3 Å². The summed E-state index contributed by atoms with van der Waals surface area (Å²) in [7, 11) is 0. The van der Waals surface area contributed by atoms with Crippen molar-refractivity contribution in [3.8, 4) is 0 Å². The van der Waals surface area contributed by atoms with Crippen LogP contribution in [0.25, 0.3) is 0 Å². The minimum absolute atomic E-state index is 0.323. The maximum atomic E-state index is 5.65. The molecular weight excluding hydrogens is 198 g/mol. The van der Waals surface area contributed by atoms with Crippen molar-refractivity contribution < 1.29 is 0 Å². The molecule has 3 heteroatoms. The molecule has 3 nitrogen and oxygen atoms in total. The molecule has 0 amide bonds. The average molecular weight is 219 g/mol. The highest BCUT2D eigenvalue weighted by atomic mass is 15.2. The van der Waals surface area contributed by atoms with Crippen LogP contribution in [0.5, 0.6) is 0 Å². The van der Waals surface area contributed by atoms with Gasteiger partial charge in [-0.05, 0) is 31.9 Å². The van der Waals surface area contributed by atoms with Crippen LogP contribution in [0.2, 0.25) is 0 Å². The Hall–Kier alpha value is -1.22. The summed E-state index contributed by atoms with van der Waals surface area (Å²) in [5.41, 5.74) is 8.18. The SMILES string of the molecule is CC(CN)Nc1ccccc1N1CCCC1. The van der Waals surface area contributed by atoms with Crippen molar-refractivity contribution in [1.82, 2.24) is 0 Å². The lowest BCUT2D eigenvalue weighted by atomic mass is 10.2. The van der Waals surface area contributed by atoms with Crippen LogP contribution in [0.4, 0.5) is 11.4 Å². The highest BCUT2D eigenvalue weighted by Crippen LogP contribution is 2.28. The van der Waals surface area contributed by atoms with Gasteiger partial charge in [-0.15, -0.1) is 0 Å². The van der Waals surface area contributed by atoms with Gasteiger partial charge in [-0.3, -0.25) is 0 Å². The van der Waals surface area contributed by atoms with Crippen LogP contribution in [0.3, 0.4) is 0 Å². The third-order valence-electron chi connectivity index (χ3n) is 3.11. The number of nitrogens with two attached hydrogens (primary N) is 1. The molecular formula is C13H21N3. The summed E-state index contributed by atoms with van der Waals surface area (Å²) in [5, 5.41) is 3.47. The molecule has 1 aromatic rings. The molecule has 16 heavy (non-hydrogen) atoms. The average Bonchev–Trinajstić information content (AvgIpc) is 2.83. The van der Waals surface area contributed by atoms with Crippen LogP contribution in [0, 0.1) is 0 Å². The summed E-state index contributed by atoms with van der Waals surface area (Å²) in [6.07, 6.45) is 2.61. The maximum Gasteiger partial charge on any atom is 0.0602 e. The first-order valence-electron chi connectivity index (χ1n) is 6.12. The number of benzene rings is 1. The lowest BCUT2D eigenvalue weighted by Gasteiger charge is -2.23. The molecule has 1 heterocycles. The van der Waals surface area contributed by atoms with Crippen molar-refractivity contribution in [2.75, 3.05) is 29.9 Å². The molecule has 1 fully saturated rings. The van der Waals surface area contributed by atoms with E-state index in [1.807, 2.05) is 0 Å². The summed E-state index contributed by atoms with van der Waals surface area (Å²) in [6.45, 7) is 5.13. The lowest BCUT2D eigenvalue weighted by molar-refractivity contribution is 0.802. The largest absolute Gasteiger partial charge is 0.380 e. The fraction of sp³-hybridized carbons (Fsp3) is 0.538. The highest BCUT2D eigenvalue weighted by molar-refractivity contribution is 5.70. The van der Waals surface area contributed by atoms with Gasteiger partial charge in [0.15, 0.2) is 0 Å². The van der Waals surface area contributed by atoms with Gasteiger partial charge in [-0.25, -0.2) is 0 Å². The second-order valence-electron chi connectivity index (χ2n) is 4.49. The molecule has 1 aliphatic heterocycles. The summed E-state index contributed by atoms with van der Waals surface area (Å²) >= 11 is 0. The van der Waals surface area contributed by atoms with Gasteiger partial charge in [-0.2, -0.15) is 0 Å². The van der Waals surface area contributed by atoms with Gasteiger partial charge >= 0.3 is 0 Å². The van der Waals surface area contributed by atoms with Crippen molar-refractivity contribution in [2.45, 2.75) is 25.8 Å². The summed E-state index contributed by atoms with van der Waals surface area (Å²) in [4.78, 5) is 2.45. The van der Waals surface area contributed by atoms with Crippen molar-refractivity contribution in [1.29, 1.82) is 0 Å². The Kier molecular flexibility index (Phi) is 3.67. The number of para-hydroxylation sites is 2. The molecule has 3 N–H and O–H groups in total. The first-order valence-corrected chi connectivity index (χ1v) is 6.12. The van der Waals surface area contributed by atoms with E-state index in [0.717, 1.165) is 0 Å². The van der Waals surface area contributed by atoms with Crippen LogP contribution < -0.4 is 16.0 Å². The molecule has 1 unspecified atom stereocenters. The van der Waals surface area contributed by atoms with Gasteiger partial charge in [0.1, 0.15) is 0 Å². The van der Waals surface area contributed by atoms with Crippen molar-refractivity contribution >= 4 is 11.4 Å². The Balaban J connectivity index is 2.16. The Morgan fingerprint density at radius 1 is 1.31 bits per heavy atom. The van der Waals surface area contributed by atoms with Crippen molar-refractivity contribution in [2.24, 2.45) is 5.73 Å². The number of hydrogen-bond acceptors (Lipinski definition) is 3. The third kappa shape index (κ3) is 2.47. The molecule has 0 aromatic heterocycles. The summed E-state index contributed by atoms with van der Waals surface area (Å²) in [6, 6.07) is 8.83. The molecule has 2 rings (SSSR count). The number of hydrogen-bond donors (Lipinski definition) is 2. The zero-order chi connectivity index (χ0) is 11.4. The van der Waals surface area contributed by atoms with E-state index >= 15 is 0 Å². The van der Waals surface area contributed by atoms with E-state index in [2.05, 4.69) is 41.4 Å². The second-order valence-corrected chi connectivity index (χ2v) is 4.49. The van der Waals surface area contributed by atoms with Crippen LogP contribution in [0.1, 0.15) is 19.8 Å². The Labute approximate surface area is 97.6 Å². The van der Waals surface area contributed by atoms with Crippen LogP contribution in [-0.2, 0) is 0 Å². The lowest BCUT2D eigenvalue weighted by Crippen LogP contribution is -2.27. The van der Waals surface area contributed by atoms with Gasteiger partial charge in [0.25, 0.3) is 0 Å². The molecule has 1 saturated heterocycles. The quantitative estimate of drug-likeness (QED) is 0.814. The molecule has 0 bridgehead atoms. The molecule has 0 saturated carbocycles. The summed E-state index contributed by atoms with van der Waals surface area (Å²) < 4.78 is 0. The Bertz CT molecular complexity index is 332. The van der Waals surface area contributed by atoms with Gasteiger partial charge in [0.2, 0.25) is 0 Å². The monoisotopic (exact) mass is 219 g/mol. The van der Waals surface area contributed by atoms with Gasteiger partial charge in [-0.1, -0.05) is 12.1 Å². The number of anilines is 2. The van der Waals surface area contributed by atoms with Crippen molar-refractivity contribution in [3.63, 3.8) is 0 Å². The molecule has 0 spiro atoms. The maximum absolute atomic E-state index is 5.65. The molecule has 1 aliphatic rings. The zero-order valence-electron chi connectivity index (χ0n) is 9.95. The molecule has 88 valence electrons. The Morgan fingerprint density at radius 2 is 2.00 bits per heavy atom. The molecule has 0 aliphatic carbocycles. The van der Waals surface area contributed by atoms with E-state index in [0.29, 0.717) is 12.6 Å². The topological polar surface area (TPSA) is 41.3 Å². The van der Waals surface area contributed by atoms with E-state index in [1.54, 1.807) is 0 Å². The number of rotatable bonds is 4. The minimum atomic E-state index is 0.323. The standard InChI is InChI=1S/C13H21N3/c1-11(10-14)15-12-6-2-3-7-13(12)16-8-4-5-9-16/h2-3,6-7,11,15H,4-5,8-10,14H2,1H3. The molecule has 1 aromatic carbocycles. The van der Waals surface area contributed by atoms with E-state index < -0.39 is 0 Å². The second kappa shape index (κ2) is 5.21. The van der Waals surface area contributed by atoms with Gasteiger partial charge < -0.3 is 16.0 Å². The third-order valence-corrected chi connectivity index (χ3v) is 3.11. The first kappa shape index (κ1) is 11.3. The van der Waals surface area contributed by atoms with E-state index in [9.17, 15) is 0 Å². The van der Waals surface area contributed by atoms with E-state index in [1.165, 1.54) is 37.3 Å². The summed E-state index contributed by atoms with van der Waals surface area (Å²) in [5.74, 6) is 0. The van der Waals surface area contributed by atoms with E-state index in [-0.39, 0.29) is 0 Å². The molecule has 1 atom stereocenters. The molecule has 0 radical (unpaired) electrons. The van der Waals surface area contributed by atoms with Crippen LogP contribution in [-0.4, -0.2) is 25.7 Å². The Morgan fingerprint density at radius 3 is 2.69 bits per heavy atom. The zero-order valence-corrected chi connectivity index (χ0v) is 9.95. The van der Waals surface area contributed by atoms with Gasteiger partial charge in [0.05, 0.1) is 11.4 Å². The number of nitrogens with zero attached hydrogens (tertiary/aromatic N) is 1. The predicted octanol–water partition coefficient (Wildman–Crippen LogP) is 2.05. The number of nitrogens with one attached hydrogen (secondary N) is 1. The fourth-order valence-electron chi connectivity index (χ4n) is 2.15. The van der Waals surface area contributed by atoms with Gasteiger partial charge in [0, 0.05) is 25.7 Å². The van der Waals surface area contributed by atoms with E-state index in [4.69, 9.17) is 5.73 Å². The fourth-order valence-corrected chi connectivity index (χ4v) is 2.15.